The molecule has 0 spiro atoms. The van der Waals surface area contributed by atoms with Crippen molar-refractivity contribution in [2.75, 3.05) is 19.7 Å². The van der Waals surface area contributed by atoms with Crippen molar-refractivity contribution in [3.8, 4) is 17.2 Å². The number of benzene rings is 1. The zero-order valence-corrected chi connectivity index (χ0v) is 18.7. The first-order valence-corrected chi connectivity index (χ1v) is 11.1. The monoisotopic (exact) mass is 455 g/mol. The van der Waals surface area contributed by atoms with Crippen LogP contribution in [0.1, 0.15) is 25.5 Å². The number of hydrogen-bond donors (Lipinski definition) is 0. The molecule has 1 atom stereocenters. The summed E-state index contributed by atoms with van der Waals surface area (Å²) in [6, 6.07) is 13.8. The van der Waals surface area contributed by atoms with Gasteiger partial charge in [0.05, 0.1) is 23.8 Å². The van der Waals surface area contributed by atoms with Crippen LogP contribution in [-0.2, 0) is 6.61 Å². The summed E-state index contributed by atoms with van der Waals surface area (Å²) in [5, 5.41) is 13.2. The van der Waals surface area contributed by atoms with E-state index in [2.05, 4.69) is 4.98 Å². The smallest absolute Gasteiger partial charge is 0.258 e. The third-order valence-electron chi connectivity index (χ3n) is 5.80. The maximum absolute atomic E-state index is 12.7. The molecule has 0 radical (unpaired) electrons. The van der Waals surface area contributed by atoms with Crippen LogP contribution in [0.2, 0.25) is 5.02 Å². The Labute approximate surface area is 192 Å². The van der Waals surface area contributed by atoms with Gasteiger partial charge in [-0.15, -0.1) is 0 Å². The van der Waals surface area contributed by atoms with E-state index in [4.69, 9.17) is 21.1 Å². The summed E-state index contributed by atoms with van der Waals surface area (Å²) in [5.74, 6) is 1.14. The van der Waals surface area contributed by atoms with E-state index in [1.807, 2.05) is 31.2 Å². The molecule has 0 aliphatic carbocycles. The highest BCUT2D eigenvalue weighted by Gasteiger charge is 2.29. The van der Waals surface area contributed by atoms with Crippen molar-refractivity contribution in [2.24, 2.45) is 0 Å². The second kappa shape index (κ2) is 9.73. The van der Waals surface area contributed by atoms with Crippen molar-refractivity contribution in [3.05, 3.63) is 87.2 Å². The molecule has 4 rings (SSSR count). The van der Waals surface area contributed by atoms with Gasteiger partial charge in [-0.25, -0.2) is 0 Å². The van der Waals surface area contributed by atoms with Crippen LogP contribution >= 0.6 is 11.6 Å². The minimum Gasteiger partial charge on any atom is -0.633 e. The van der Waals surface area contributed by atoms with Gasteiger partial charge in [-0.3, -0.25) is 14.3 Å². The third-order valence-corrected chi connectivity index (χ3v) is 6.02. The van der Waals surface area contributed by atoms with Gasteiger partial charge in [0.25, 0.3) is 5.56 Å². The van der Waals surface area contributed by atoms with Crippen molar-refractivity contribution in [2.45, 2.75) is 32.4 Å². The summed E-state index contributed by atoms with van der Waals surface area (Å²) in [4.78, 5) is 16.7. The molecule has 7 nitrogen and oxygen atoms in total. The summed E-state index contributed by atoms with van der Waals surface area (Å²) >= 11 is 5.83. The molecule has 1 aromatic carbocycles. The Hall–Kier alpha value is -2.87. The lowest BCUT2D eigenvalue weighted by molar-refractivity contribution is -0.891. The van der Waals surface area contributed by atoms with E-state index in [-0.39, 0.29) is 22.9 Å². The molecule has 0 N–H and O–H groups in total. The summed E-state index contributed by atoms with van der Waals surface area (Å²) in [6.07, 6.45) is 5.20. The van der Waals surface area contributed by atoms with E-state index in [1.165, 1.54) is 10.6 Å². The van der Waals surface area contributed by atoms with E-state index in [0.717, 1.165) is 18.5 Å². The molecular weight excluding hydrogens is 430 g/mol. The average molecular weight is 456 g/mol. The van der Waals surface area contributed by atoms with Gasteiger partial charge in [-0.05, 0) is 49.4 Å². The van der Waals surface area contributed by atoms with Crippen LogP contribution < -0.4 is 15.0 Å². The fraction of sp³-hybridized carbons (Fsp3) is 0.333. The SMILES string of the molecule is C[C@@H](COc1ccc(-n2ccc(OCc3ccc(Cl)cn3)cc2=O)cc1)[N+]1([O-])CCCC1. The van der Waals surface area contributed by atoms with Crippen LogP contribution in [0.5, 0.6) is 11.5 Å². The van der Waals surface area contributed by atoms with E-state index in [9.17, 15) is 10.0 Å². The lowest BCUT2D eigenvalue weighted by atomic mass is 10.2. The Morgan fingerprint density at radius 2 is 1.84 bits per heavy atom. The minimum atomic E-state index is -0.208. The van der Waals surface area contributed by atoms with E-state index in [0.29, 0.717) is 41.9 Å². The number of aromatic nitrogens is 2. The molecule has 3 heterocycles. The fourth-order valence-corrected chi connectivity index (χ4v) is 3.89. The second-order valence-corrected chi connectivity index (χ2v) is 8.52. The molecule has 8 heteroatoms. The van der Waals surface area contributed by atoms with Crippen molar-refractivity contribution in [1.29, 1.82) is 0 Å². The predicted octanol–water partition coefficient (Wildman–Crippen LogP) is 4.34. The maximum atomic E-state index is 12.7. The van der Waals surface area contributed by atoms with Gasteiger partial charge in [-0.2, -0.15) is 0 Å². The minimum absolute atomic E-state index is 0.101. The number of hydroxylamine groups is 3. The molecule has 0 bridgehead atoms. The number of ether oxygens (including phenoxy) is 2. The molecule has 32 heavy (non-hydrogen) atoms. The Kier molecular flexibility index (Phi) is 6.79. The number of halogens is 1. The molecule has 2 aromatic heterocycles. The van der Waals surface area contributed by atoms with Crippen LogP contribution in [-0.4, -0.2) is 39.9 Å². The van der Waals surface area contributed by atoms with Gasteiger partial charge in [0, 0.05) is 37.0 Å². The zero-order chi connectivity index (χ0) is 22.6. The Morgan fingerprint density at radius 1 is 1.09 bits per heavy atom. The second-order valence-electron chi connectivity index (χ2n) is 8.09. The Balaban J connectivity index is 1.36. The molecule has 1 aliphatic heterocycles. The average Bonchev–Trinajstić information content (AvgIpc) is 3.25. The van der Waals surface area contributed by atoms with Gasteiger partial charge >= 0.3 is 0 Å². The van der Waals surface area contributed by atoms with Crippen molar-refractivity contribution in [3.63, 3.8) is 0 Å². The van der Waals surface area contributed by atoms with E-state index < -0.39 is 0 Å². The lowest BCUT2D eigenvalue weighted by Gasteiger charge is -2.43. The maximum Gasteiger partial charge on any atom is 0.258 e. The van der Waals surface area contributed by atoms with Crippen LogP contribution in [0.4, 0.5) is 0 Å². The molecule has 1 fully saturated rings. The number of nitrogens with zero attached hydrogens (tertiary/aromatic N) is 3. The first kappa shape index (κ1) is 22.3. The van der Waals surface area contributed by atoms with Gasteiger partial charge in [0.15, 0.2) is 0 Å². The van der Waals surface area contributed by atoms with Crippen molar-refractivity contribution in [1.82, 2.24) is 9.55 Å². The first-order chi connectivity index (χ1) is 15.4. The van der Waals surface area contributed by atoms with Crippen LogP contribution in [0.3, 0.4) is 0 Å². The Bertz CT molecular complexity index is 1090. The normalized spacial score (nSPS) is 16.0. The molecule has 1 saturated heterocycles. The molecule has 168 valence electrons. The number of likely N-dealkylation sites (tertiary alicyclic amines) is 1. The quantitative estimate of drug-likeness (QED) is 0.373. The Morgan fingerprint density at radius 3 is 2.50 bits per heavy atom. The van der Waals surface area contributed by atoms with Gasteiger partial charge in [0.2, 0.25) is 0 Å². The standard InChI is InChI=1S/C24H26ClN3O4/c1-18(28(30)12-2-3-13-28)16-31-22-8-6-21(7-9-22)27-11-10-23(14-24(27)29)32-17-20-5-4-19(25)15-26-20/h4-11,14-15,18H,2-3,12-13,16-17H2,1H3/t18-/m0/s1. The number of hydrogen-bond acceptors (Lipinski definition) is 5. The van der Waals surface area contributed by atoms with Crippen LogP contribution in [0, 0.1) is 5.21 Å². The molecule has 0 unspecified atom stereocenters. The highest BCUT2D eigenvalue weighted by atomic mass is 35.5. The number of pyridine rings is 2. The number of quaternary nitrogens is 1. The summed E-state index contributed by atoms with van der Waals surface area (Å²) in [7, 11) is 0. The lowest BCUT2D eigenvalue weighted by Crippen LogP contribution is -2.49. The predicted molar refractivity (Wildman–Crippen MR) is 123 cm³/mol. The molecule has 0 amide bonds. The van der Waals surface area contributed by atoms with Crippen molar-refractivity contribution < 1.29 is 14.1 Å². The van der Waals surface area contributed by atoms with Crippen LogP contribution in [0.25, 0.3) is 5.69 Å². The van der Waals surface area contributed by atoms with Gasteiger partial charge in [0.1, 0.15) is 30.8 Å². The summed E-state index contributed by atoms with van der Waals surface area (Å²) in [6.45, 7) is 3.90. The van der Waals surface area contributed by atoms with Crippen molar-refractivity contribution >= 4 is 11.6 Å². The number of rotatable bonds is 8. The van der Waals surface area contributed by atoms with Crippen LogP contribution in [0.15, 0.2) is 65.7 Å². The molecule has 0 saturated carbocycles. The van der Waals surface area contributed by atoms with E-state index >= 15 is 0 Å². The zero-order valence-electron chi connectivity index (χ0n) is 17.9. The third kappa shape index (κ3) is 5.30. The fourth-order valence-electron chi connectivity index (χ4n) is 3.78. The highest BCUT2D eigenvalue weighted by molar-refractivity contribution is 6.30. The molecule has 1 aliphatic rings. The molecule has 3 aromatic rings. The first-order valence-electron chi connectivity index (χ1n) is 10.7. The van der Waals surface area contributed by atoms with Gasteiger partial charge in [-0.1, -0.05) is 11.6 Å². The largest absolute Gasteiger partial charge is 0.633 e. The van der Waals surface area contributed by atoms with E-state index in [1.54, 1.807) is 30.6 Å². The van der Waals surface area contributed by atoms with Gasteiger partial charge < -0.3 is 19.3 Å². The summed E-state index contributed by atoms with van der Waals surface area (Å²) in [5.41, 5.74) is 1.23. The molecular formula is C24H26ClN3O4. The highest BCUT2D eigenvalue weighted by Crippen LogP contribution is 2.23. The topological polar surface area (TPSA) is 76.4 Å². The summed E-state index contributed by atoms with van der Waals surface area (Å²) < 4.78 is 12.9.